The summed E-state index contributed by atoms with van der Waals surface area (Å²) in [5.74, 6) is -2.79. The predicted molar refractivity (Wildman–Crippen MR) is 446 cm³/mol. The number of hydrogen-bond acceptors (Lipinski definition) is 18. The highest BCUT2D eigenvalue weighted by atomic mass is 16.6. The predicted octanol–water partition coefficient (Wildman–Crippen LogP) is 13.7. The Morgan fingerprint density at radius 2 is 0.600 bits per heavy atom. The van der Waals surface area contributed by atoms with Gasteiger partial charge in [-0.15, -0.1) is 0 Å². The lowest BCUT2D eigenvalue weighted by atomic mass is 9.83. The molecule has 6 aromatic carbocycles. The summed E-state index contributed by atoms with van der Waals surface area (Å²) in [7, 11) is 4.65. The lowest BCUT2D eigenvalue weighted by Crippen LogP contribution is -2.58. The molecule has 0 radical (unpaired) electrons. The van der Waals surface area contributed by atoms with E-state index >= 15 is 0 Å². The number of alkyl carbamates (subject to hydrolysis) is 3. The molecule has 3 heterocycles. The third kappa shape index (κ3) is 22.7. The molecule has 9 aromatic rings. The maximum atomic E-state index is 14.9. The largest absolute Gasteiger partial charge is 0.497 e. The molecule has 0 saturated heterocycles. The number of nitrogens with one attached hydrogen (secondary N) is 9. The first-order valence-corrected chi connectivity index (χ1v) is 38.8. The number of fused-ring (bicyclic) bond motifs is 3. The monoisotopic (exact) mass is 1580 g/mol. The second-order valence-corrected chi connectivity index (χ2v) is 32.5. The van der Waals surface area contributed by atoms with Crippen LogP contribution in [0, 0.1) is 20.8 Å². The number of carbonyl (C=O) groups excluding carboxylic acids is 9. The molecule has 3 aromatic heterocycles. The van der Waals surface area contributed by atoms with Crippen LogP contribution in [-0.2, 0) is 62.2 Å². The average Bonchev–Trinajstić information content (AvgIpc) is 1.79. The fourth-order valence-electron chi connectivity index (χ4n) is 13.9. The van der Waals surface area contributed by atoms with Crippen molar-refractivity contribution in [1.82, 2.24) is 30.9 Å². The first-order valence-electron chi connectivity index (χ1n) is 38.8. The second kappa shape index (κ2) is 37.2. The minimum Gasteiger partial charge on any atom is -0.497 e. The van der Waals surface area contributed by atoms with Crippen LogP contribution in [0.3, 0.4) is 0 Å². The third-order valence-electron chi connectivity index (χ3n) is 20.2. The Morgan fingerprint density at radius 1 is 0.357 bits per heavy atom. The van der Waals surface area contributed by atoms with E-state index < -0.39 is 92.7 Å². The number of hydrogen-bond donors (Lipinski definition) is 12. The summed E-state index contributed by atoms with van der Waals surface area (Å²) in [5, 5.41) is 19.2. The van der Waals surface area contributed by atoms with Gasteiger partial charge in [0.1, 0.15) is 34.1 Å². The number of aromatic amines is 3. The molecule has 0 aliphatic rings. The number of ketones is 3. The van der Waals surface area contributed by atoms with E-state index in [4.69, 9.17) is 45.6 Å². The minimum absolute atomic E-state index is 0.0811. The van der Waals surface area contributed by atoms with Gasteiger partial charge in [0.2, 0.25) is 0 Å². The molecule has 0 aliphatic heterocycles. The number of rotatable bonds is 36. The molecule has 115 heavy (non-hydrogen) atoms. The highest BCUT2D eigenvalue weighted by molar-refractivity contribution is 6.18. The topological polar surface area (TPSA) is 407 Å². The highest BCUT2D eigenvalue weighted by Gasteiger charge is 2.45. The first kappa shape index (κ1) is 87.4. The second-order valence-electron chi connectivity index (χ2n) is 32.5. The van der Waals surface area contributed by atoms with Crippen LogP contribution in [0.25, 0.3) is 32.7 Å². The van der Waals surface area contributed by atoms with E-state index in [0.717, 1.165) is 32.7 Å². The van der Waals surface area contributed by atoms with Gasteiger partial charge in [0.25, 0.3) is 17.7 Å². The van der Waals surface area contributed by atoms with Gasteiger partial charge >= 0.3 is 18.3 Å². The number of amides is 6. The van der Waals surface area contributed by atoms with Gasteiger partial charge in [0.05, 0.1) is 21.3 Å². The van der Waals surface area contributed by atoms with Crippen LogP contribution in [0.15, 0.2) is 127 Å². The number of Topliss-reactive ketones (excluding diaryl/α,β-unsaturated/α-hetero) is 3. The van der Waals surface area contributed by atoms with E-state index in [9.17, 15) is 43.2 Å². The summed E-state index contributed by atoms with van der Waals surface area (Å²) in [5.41, 5.74) is 22.3. The maximum absolute atomic E-state index is 14.9. The van der Waals surface area contributed by atoms with E-state index in [2.05, 4.69) is 46.9 Å². The van der Waals surface area contributed by atoms with Crippen LogP contribution in [0.1, 0.15) is 176 Å². The van der Waals surface area contributed by atoms with Gasteiger partial charge in [-0.1, -0.05) is 36.4 Å². The molecular formula is C88H112N12O15. The van der Waals surface area contributed by atoms with E-state index in [1.54, 1.807) is 138 Å². The van der Waals surface area contributed by atoms with Crippen LogP contribution in [0.4, 0.5) is 31.4 Å². The number of anilines is 3. The van der Waals surface area contributed by atoms with Crippen molar-refractivity contribution in [2.45, 2.75) is 199 Å². The number of unbranched alkanes of at least 4 members (excludes halogenated alkanes) is 3. The number of aryl methyl sites for hydroxylation is 3. The molecule has 0 saturated carbocycles. The molecule has 6 amide bonds. The van der Waals surface area contributed by atoms with E-state index in [-0.39, 0.29) is 77.4 Å². The van der Waals surface area contributed by atoms with Crippen LogP contribution >= 0.6 is 0 Å². The molecule has 0 bridgehead atoms. The van der Waals surface area contributed by atoms with Crippen LogP contribution in [0.2, 0.25) is 0 Å². The fourth-order valence-corrected chi connectivity index (χ4v) is 13.9. The van der Waals surface area contributed by atoms with Crippen LogP contribution < -0.4 is 63.3 Å². The van der Waals surface area contributed by atoms with Gasteiger partial charge < -0.3 is 92.5 Å². The minimum atomic E-state index is -2.07. The molecular weight excluding hydrogens is 1470 g/mol. The third-order valence-corrected chi connectivity index (χ3v) is 20.2. The maximum Gasteiger partial charge on any atom is 0.407 e. The lowest BCUT2D eigenvalue weighted by Gasteiger charge is -2.28. The van der Waals surface area contributed by atoms with Crippen molar-refractivity contribution in [3.63, 3.8) is 0 Å². The van der Waals surface area contributed by atoms with Gasteiger partial charge in [-0.05, 0) is 265 Å². The highest BCUT2D eigenvalue weighted by Crippen LogP contribution is 2.37. The van der Waals surface area contributed by atoms with E-state index in [1.165, 1.54) is 0 Å². The Hall–Kier alpha value is -11.6. The van der Waals surface area contributed by atoms with Gasteiger partial charge in [0.15, 0.2) is 34.0 Å². The summed E-state index contributed by atoms with van der Waals surface area (Å²) < 4.78 is 32.8. The van der Waals surface area contributed by atoms with Crippen molar-refractivity contribution in [2.24, 2.45) is 17.2 Å². The quantitative estimate of drug-likeness (QED) is 0.00751. The van der Waals surface area contributed by atoms with Crippen molar-refractivity contribution in [3.8, 4) is 17.2 Å². The number of ether oxygens (including phenoxy) is 6. The Bertz CT molecular complexity index is 4510. The zero-order chi connectivity index (χ0) is 84.0. The van der Waals surface area contributed by atoms with Gasteiger partial charge in [-0.25, -0.2) is 14.4 Å². The van der Waals surface area contributed by atoms with Crippen molar-refractivity contribution < 1.29 is 71.6 Å². The van der Waals surface area contributed by atoms with Crippen molar-refractivity contribution in [1.29, 1.82) is 0 Å². The fraction of sp³-hybridized carbons (Fsp3) is 0.420. The molecule has 0 unspecified atom stereocenters. The Morgan fingerprint density at radius 3 is 0.826 bits per heavy atom. The van der Waals surface area contributed by atoms with Gasteiger partial charge in [0, 0.05) is 112 Å². The summed E-state index contributed by atoms with van der Waals surface area (Å²) in [6.07, 6.45) is -0.761. The standard InChI is InChI=1S/C88H112N12O15/c1-52-64(67-46-61(110-13)34-37-70(67)95-52)49-73(101)86(89,40-16-19-43-92-80(107)113-83(4,5)6)77(104)98-58-28-22-55(23-29-58)76(56-24-30-59(31-25-56)99-78(105)87(90,41-17-20-44-93-81(108)114-84(7,8)9)74(102)50-65-53(2)96-71-38-35-62(111-14)47-68(65)71)57-26-32-60(33-27-57)100-79(106)88(91,42-18-21-45-94-82(109)115-85(10,11)12)75(103)51-66-54(3)97-72-39-36-63(112-15)48-69(66)72/h22-39,46-48,76,95-97H,16-21,40-45,49-51,89-91H2,1-15H3,(H,92,107)(H,93,108)(H,94,109)(H,98,104)(H,99,105)(H,100,106)/t86-,87-,88-/m0/s1. The number of H-pyrrole nitrogens is 3. The number of methoxy groups -OCH3 is 3. The summed E-state index contributed by atoms with van der Waals surface area (Å²) in [4.78, 5) is 137. The molecule has 27 heteroatoms. The Balaban J connectivity index is 1.03. The van der Waals surface area contributed by atoms with Gasteiger partial charge in [-0.3, -0.25) is 28.8 Å². The molecule has 0 aliphatic carbocycles. The van der Waals surface area contributed by atoms with Crippen LogP contribution in [-0.4, -0.2) is 143 Å². The smallest absolute Gasteiger partial charge is 0.407 e. The lowest BCUT2D eigenvalue weighted by molar-refractivity contribution is -0.134. The Kier molecular flexibility index (Phi) is 28.2. The first-order chi connectivity index (χ1) is 54.2. The number of aromatic nitrogens is 3. The zero-order valence-corrected chi connectivity index (χ0v) is 68.7. The van der Waals surface area contributed by atoms with E-state index in [1.807, 2.05) is 93.6 Å². The Labute approximate surface area is 671 Å². The average molecular weight is 1580 g/mol. The van der Waals surface area contributed by atoms with Crippen molar-refractivity contribution in [3.05, 3.63) is 178 Å². The SMILES string of the molecule is COc1ccc2[nH]c(C)c(CC(=O)[C@@](N)(CCCCNC(=O)OC(C)(C)C)C(=O)Nc3ccc(C(c4ccc(NC(=O)[C@](N)(CCCCNC(=O)OC(C)(C)C)C(=O)Cc5c(C)[nH]c6ccc(OC)cc56)cc4)c4ccc(NC(=O)[C@](N)(CCCCNC(=O)OC(C)(C)C)C(=O)Cc5c(C)[nH]c6ccc(OC)cc56)cc4)cc3)c2c1. The molecule has 9 rings (SSSR count). The molecule has 27 nitrogen and oxygen atoms in total. The van der Waals surface area contributed by atoms with Crippen molar-refractivity contribution in [2.75, 3.05) is 56.9 Å². The zero-order valence-electron chi connectivity index (χ0n) is 68.7. The molecule has 614 valence electrons. The van der Waals surface area contributed by atoms with Gasteiger partial charge in [-0.2, -0.15) is 0 Å². The summed E-state index contributed by atoms with van der Waals surface area (Å²) in [6, 6.07) is 37.4. The molecule has 0 fully saturated rings. The van der Waals surface area contributed by atoms with Crippen LogP contribution in [0.5, 0.6) is 17.2 Å². The number of benzene rings is 6. The van der Waals surface area contributed by atoms with Crippen molar-refractivity contribution >= 4 is 103 Å². The molecule has 3 atom stereocenters. The number of carbonyl (C=O) groups is 9. The van der Waals surface area contributed by atoms with E-state index in [0.29, 0.717) is 104 Å². The normalized spacial score (nSPS) is 13.4. The summed E-state index contributed by atoms with van der Waals surface area (Å²) in [6.45, 7) is 21.9. The molecule has 15 N–H and O–H groups in total. The number of nitrogens with two attached hydrogens (primary N) is 3. The summed E-state index contributed by atoms with van der Waals surface area (Å²) >= 11 is 0. The molecule has 0 spiro atoms.